The van der Waals surface area contributed by atoms with E-state index >= 15 is 0 Å². The molecule has 2 heterocycles. The van der Waals surface area contributed by atoms with Gasteiger partial charge in [-0.05, 0) is 12.8 Å². The standard InChI is InChI=1S/C11H13N5O3/c1-2-7-12-8(19-14-7)5-16-10(6-3-4-6)9(11(17)18)13-15-16/h6H,2-5H2,1H3,(H,17,18). The molecule has 0 atom stereocenters. The zero-order chi connectivity index (χ0) is 13.4. The highest BCUT2D eigenvalue weighted by Crippen LogP contribution is 2.41. The van der Waals surface area contributed by atoms with E-state index in [1.54, 1.807) is 4.68 Å². The summed E-state index contributed by atoms with van der Waals surface area (Å²) < 4.78 is 6.64. The first kappa shape index (κ1) is 11.8. The van der Waals surface area contributed by atoms with Crippen LogP contribution >= 0.6 is 0 Å². The van der Waals surface area contributed by atoms with Crippen molar-refractivity contribution in [3.63, 3.8) is 0 Å². The Labute approximate surface area is 108 Å². The summed E-state index contributed by atoms with van der Waals surface area (Å²) in [6.45, 7) is 2.20. The summed E-state index contributed by atoms with van der Waals surface area (Å²) in [5.41, 5.74) is 0.682. The van der Waals surface area contributed by atoms with E-state index in [-0.39, 0.29) is 18.2 Å². The van der Waals surface area contributed by atoms with Crippen LogP contribution in [0.5, 0.6) is 0 Å². The zero-order valence-electron chi connectivity index (χ0n) is 10.4. The molecule has 2 aromatic rings. The van der Waals surface area contributed by atoms with Crippen molar-refractivity contribution < 1.29 is 14.4 Å². The molecule has 8 nitrogen and oxygen atoms in total. The van der Waals surface area contributed by atoms with Gasteiger partial charge in [0.05, 0.1) is 5.69 Å². The number of aryl methyl sites for hydroxylation is 1. The summed E-state index contributed by atoms with van der Waals surface area (Å²) in [4.78, 5) is 15.3. The van der Waals surface area contributed by atoms with Gasteiger partial charge in [-0.3, -0.25) is 0 Å². The van der Waals surface area contributed by atoms with Gasteiger partial charge < -0.3 is 9.63 Å². The van der Waals surface area contributed by atoms with E-state index in [1.807, 2.05) is 6.92 Å². The number of carbonyl (C=O) groups is 1. The largest absolute Gasteiger partial charge is 0.476 e. The van der Waals surface area contributed by atoms with Gasteiger partial charge in [0, 0.05) is 12.3 Å². The van der Waals surface area contributed by atoms with Crippen LogP contribution < -0.4 is 0 Å². The van der Waals surface area contributed by atoms with Crippen molar-refractivity contribution in [2.24, 2.45) is 0 Å². The van der Waals surface area contributed by atoms with Gasteiger partial charge in [0.25, 0.3) is 0 Å². The van der Waals surface area contributed by atoms with E-state index < -0.39 is 5.97 Å². The van der Waals surface area contributed by atoms with Crippen molar-refractivity contribution in [2.45, 2.75) is 38.6 Å². The Kier molecular flexibility index (Phi) is 2.77. The molecule has 0 aromatic carbocycles. The van der Waals surface area contributed by atoms with Crippen molar-refractivity contribution in [2.75, 3.05) is 0 Å². The maximum absolute atomic E-state index is 11.1. The van der Waals surface area contributed by atoms with Gasteiger partial charge in [0.2, 0.25) is 5.89 Å². The first-order chi connectivity index (χ1) is 9.19. The lowest BCUT2D eigenvalue weighted by atomic mass is 10.2. The van der Waals surface area contributed by atoms with Crippen LogP contribution in [0.3, 0.4) is 0 Å². The topological polar surface area (TPSA) is 107 Å². The third-order valence-electron chi connectivity index (χ3n) is 3.05. The fourth-order valence-corrected chi connectivity index (χ4v) is 1.98. The summed E-state index contributed by atoms with van der Waals surface area (Å²) in [5, 5.41) is 20.5. The molecule has 0 bridgehead atoms. The number of aromatic carboxylic acids is 1. The van der Waals surface area contributed by atoms with Gasteiger partial charge in [-0.15, -0.1) is 5.10 Å². The number of nitrogens with zero attached hydrogens (tertiary/aromatic N) is 5. The van der Waals surface area contributed by atoms with E-state index in [0.29, 0.717) is 23.8 Å². The van der Waals surface area contributed by atoms with Gasteiger partial charge >= 0.3 is 5.97 Å². The molecule has 0 unspecified atom stereocenters. The lowest BCUT2D eigenvalue weighted by Crippen LogP contribution is -2.08. The van der Waals surface area contributed by atoms with Crippen LogP contribution in [-0.4, -0.2) is 36.2 Å². The maximum atomic E-state index is 11.1. The molecule has 0 saturated heterocycles. The number of hydrogen-bond donors (Lipinski definition) is 1. The highest BCUT2D eigenvalue weighted by Gasteiger charge is 2.34. The lowest BCUT2D eigenvalue weighted by molar-refractivity contribution is 0.0689. The average molecular weight is 263 g/mol. The summed E-state index contributed by atoms with van der Waals surface area (Å²) in [6, 6.07) is 0. The fourth-order valence-electron chi connectivity index (χ4n) is 1.98. The molecule has 0 spiro atoms. The summed E-state index contributed by atoms with van der Waals surface area (Å²) in [6.07, 6.45) is 2.63. The molecule has 1 fully saturated rings. The number of carboxylic acid groups (broad SMARTS) is 1. The first-order valence-corrected chi connectivity index (χ1v) is 6.17. The summed E-state index contributed by atoms with van der Waals surface area (Å²) in [7, 11) is 0. The third kappa shape index (κ3) is 2.20. The quantitative estimate of drug-likeness (QED) is 0.851. The normalized spacial score (nSPS) is 14.8. The van der Waals surface area contributed by atoms with Crippen molar-refractivity contribution in [3.8, 4) is 0 Å². The second-order valence-corrected chi connectivity index (χ2v) is 4.52. The van der Waals surface area contributed by atoms with Crippen LogP contribution in [0.4, 0.5) is 0 Å². The Morgan fingerprint density at radius 2 is 2.32 bits per heavy atom. The average Bonchev–Trinajstić information content (AvgIpc) is 2.98. The minimum atomic E-state index is -1.05. The molecule has 0 aliphatic heterocycles. The smallest absolute Gasteiger partial charge is 0.358 e. The number of carboxylic acids is 1. The molecule has 1 N–H and O–H groups in total. The highest BCUT2D eigenvalue weighted by molar-refractivity contribution is 5.86. The predicted molar refractivity (Wildman–Crippen MR) is 61.7 cm³/mol. The molecule has 1 aliphatic carbocycles. The lowest BCUT2D eigenvalue weighted by Gasteiger charge is -2.02. The van der Waals surface area contributed by atoms with Crippen molar-refractivity contribution >= 4 is 5.97 Å². The minimum Gasteiger partial charge on any atom is -0.476 e. The first-order valence-electron chi connectivity index (χ1n) is 6.17. The summed E-state index contributed by atoms with van der Waals surface area (Å²) >= 11 is 0. The van der Waals surface area contributed by atoms with E-state index in [2.05, 4.69) is 20.5 Å². The van der Waals surface area contributed by atoms with Gasteiger partial charge in [-0.2, -0.15) is 4.98 Å². The SMILES string of the molecule is CCc1noc(Cn2nnc(C(=O)O)c2C2CC2)n1. The summed E-state index contributed by atoms with van der Waals surface area (Å²) in [5.74, 6) is 0.227. The Morgan fingerprint density at radius 1 is 1.53 bits per heavy atom. The number of rotatable bonds is 5. The molecular weight excluding hydrogens is 250 g/mol. The van der Waals surface area contributed by atoms with E-state index in [4.69, 9.17) is 9.63 Å². The van der Waals surface area contributed by atoms with Crippen LogP contribution in [0.15, 0.2) is 4.52 Å². The second kappa shape index (κ2) is 4.45. The van der Waals surface area contributed by atoms with Crippen LogP contribution in [0.2, 0.25) is 0 Å². The molecule has 2 aromatic heterocycles. The van der Waals surface area contributed by atoms with Crippen molar-refractivity contribution in [1.29, 1.82) is 0 Å². The number of hydrogen-bond acceptors (Lipinski definition) is 6. The molecular formula is C11H13N5O3. The molecule has 1 aliphatic rings. The number of aromatic nitrogens is 5. The third-order valence-corrected chi connectivity index (χ3v) is 3.05. The van der Waals surface area contributed by atoms with E-state index in [0.717, 1.165) is 12.8 Å². The Bertz CT molecular complexity index is 614. The molecule has 1 saturated carbocycles. The molecule has 3 rings (SSSR count). The van der Waals surface area contributed by atoms with Crippen molar-refractivity contribution in [3.05, 3.63) is 23.1 Å². The van der Waals surface area contributed by atoms with Crippen LogP contribution in [-0.2, 0) is 13.0 Å². The second-order valence-electron chi connectivity index (χ2n) is 4.52. The van der Waals surface area contributed by atoms with Crippen LogP contribution in [0, 0.1) is 0 Å². The minimum absolute atomic E-state index is 0.0257. The van der Waals surface area contributed by atoms with Crippen LogP contribution in [0.1, 0.15) is 53.6 Å². The Morgan fingerprint density at radius 3 is 2.89 bits per heavy atom. The zero-order valence-corrected chi connectivity index (χ0v) is 10.4. The highest BCUT2D eigenvalue weighted by atomic mass is 16.5. The van der Waals surface area contributed by atoms with E-state index in [9.17, 15) is 4.79 Å². The maximum Gasteiger partial charge on any atom is 0.358 e. The Balaban J connectivity index is 1.90. The van der Waals surface area contributed by atoms with Gasteiger partial charge in [0.1, 0.15) is 6.54 Å². The van der Waals surface area contributed by atoms with Crippen LogP contribution in [0.25, 0.3) is 0 Å². The predicted octanol–water partition coefficient (Wildman–Crippen LogP) is 0.847. The molecule has 0 radical (unpaired) electrons. The monoisotopic (exact) mass is 263 g/mol. The Hall–Kier alpha value is -2.25. The molecule has 100 valence electrons. The molecule has 8 heteroatoms. The fraction of sp³-hybridized carbons (Fsp3) is 0.545. The van der Waals surface area contributed by atoms with Gasteiger partial charge in [0.15, 0.2) is 11.5 Å². The van der Waals surface area contributed by atoms with Gasteiger partial charge in [-0.1, -0.05) is 17.3 Å². The van der Waals surface area contributed by atoms with E-state index in [1.165, 1.54) is 0 Å². The molecule has 19 heavy (non-hydrogen) atoms. The van der Waals surface area contributed by atoms with Crippen molar-refractivity contribution in [1.82, 2.24) is 25.1 Å². The van der Waals surface area contributed by atoms with Gasteiger partial charge in [-0.25, -0.2) is 9.48 Å². The molecule has 0 amide bonds.